The van der Waals surface area contributed by atoms with Crippen molar-refractivity contribution in [1.82, 2.24) is 5.32 Å². The molecule has 0 heterocycles. The van der Waals surface area contributed by atoms with Crippen LogP contribution in [0.3, 0.4) is 0 Å². The van der Waals surface area contributed by atoms with Gasteiger partial charge in [0.2, 0.25) is 5.91 Å². The molecule has 0 saturated heterocycles. The van der Waals surface area contributed by atoms with Gasteiger partial charge in [-0.25, -0.2) is 0 Å². The van der Waals surface area contributed by atoms with E-state index in [2.05, 4.69) is 11.9 Å². The van der Waals surface area contributed by atoms with E-state index in [1.807, 2.05) is 0 Å². The average Bonchev–Trinajstić information content (AvgIpc) is 2.09. The Morgan fingerprint density at radius 1 is 1.64 bits per heavy atom. The fraction of sp³-hybridized carbons (Fsp3) is 0.625. The molecule has 0 aromatic rings. The van der Waals surface area contributed by atoms with Crippen molar-refractivity contribution in [2.45, 2.75) is 25.0 Å². The molecule has 0 aromatic carbocycles. The van der Waals surface area contributed by atoms with Gasteiger partial charge in [0, 0.05) is 6.54 Å². The van der Waals surface area contributed by atoms with Crippen LogP contribution in [-0.2, 0) is 14.9 Å². The maximum absolute atomic E-state index is 10.8. The van der Waals surface area contributed by atoms with Gasteiger partial charge in [0.15, 0.2) is 0 Å². The molecule has 1 unspecified atom stereocenters. The van der Waals surface area contributed by atoms with Crippen LogP contribution in [0.15, 0.2) is 12.7 Å². The summed E-state index contributed by atoms with van der Waals surface area (Å²) < 4.78 is 30.4. The number of rotatable bonds is 6. The van der Waals surface area contributed by atoms with Gasteiger partial charge in [-0.1, -0.05) is 19.9 Å². The van der Waals surface area contributed by atoms with E-state index in [0.29, 0.717) is 12.8 Å². The first kappa shape index (κ1) is 13.1. The molecular formula is C8H15NO4S. The lowest BCUT2D eigenvalue weighted by Crippen LogP contribution is -2.35. The summed E-state index contributed by atoms with van der Waals surface area (Å²) in [5.74, 6) is -0.449. The van der Waals surface area contributed by atoms with Crippen LogP contribution in [-0.4, -0.2) is 30.7 Å². The number of nitrogens with one attached hydrogen (secondary N) is 1. The molecule has 0 spiro atoms. The van der Waals surface area contributed by atoms with Crippen LogP contribution in [0.2, 0.25) is 0 Å². The van der Waals surface area contributed by atoms with Crippen molar-refractivity contribution in [2.24, 2.45) is 0 Å². The summed E-state index contributed by atoms with van der Waals surface area (Å²) >= 11 is 0. The molecule has 0 radical (unpaired) electrons. The van der Waals surface area contributed by atoms with Crippen molar-refractivity contribution >= 4 is 16.0 Å². The zero-order chi connectivity index (χ0) is 11.2. The highest BCUT2D eigenvalue weighted by atomic mass is 32.2. The smallest absolute Gasteiger partial charge is 0.269 e. The first-order chi connectivity index (χ1) is 6.41. The van der Waals surface area contributed by atoms with E-state index in [0.717, 1.165) is 6.08 Å². The molecule has 0 aliphatic carbocycles. The minimum atomic E-state index is -4.08. The van der Waals surface area contributed by atoms with Crippen LogP contribution in [0.1, 0.15) is 19.8 Å². The van der Waals surface area contributed by atoms with Gasteiger partial charge in [-0.3, -0.25) is 9.35 Å². The molecule has 1 amide bonds. The van der Waals surface area contributed by atoms with Crippen LogP contribution in [0.5, 0.6) is 0 Å². The van der Waals surface area contributed by atoms with E-state index in [9.17, 15) is 13.2 Å². The molecule has 0 rings (SSSR count). The summed E-state index contributed by atoms with van der Waals surface area (Å²) in [6.45, 7) is 4.94. The third kappa shape index (κ3) is 4.98. The predicted octanol–water partition coefficient (Wildman–Crippen LogP) is 0.345. The SMILES string of the molecule is C=CC(=O)NCC(CCC)S(=O)(=O)O. The summed E-state index contributed by atoms with van der Waals surface area (Å²) in [5.41, 5.74) is 0. The molecular weight excluding hydrogens is 206 g/mol. The Labute approximate surface area is 83.9 Å². The number of amides is 1. The van der Waals surface area contributed by atoms with Gasteiger partial charge < -0.3 is 5.32 Å². The van der Waals surface area contributed by atoms with Gasteiger partial charge in [0.05, 0.1) is 0 Å². The second kappa shape index (κ2) is 5.77. The Morgan fingerprint density at radius 2 is 2.21 bits per heavy atom. The lowest BCUT2D eigenvalue weighted by atomic mass is 10.2. The largest absolute Gasteiger partial charge is 0.351 e. The van der Waals surface area contributed by atoms with E-state index < -0.39 is 21.3 Å². The highest BCUT2D eigenvalue weighted by Crippen LogP contribution is 2.05. The van der Waals surface area contributed by atoms with Crippen LogP contribution in [0, 0.1) is 0 Å². The molecule has 0 fully saturated rings. The Kier molecular flexibility index (Phi) is 5.40. The monoisotopic (exact) mass is 221 g/mol. The quantitative estimate of drug-likeness (QED) is 0.500. The van der Waals surface area contributed by atoms with Crippen molar-refractivity contribution in [1.29, 1.82) is 0 Å². The average molecular weight is 221 g/mol. The Balaban J connectivity index is 4.25. The fourth-order valence-corrected chi connectivity index (χ4v) is 1.79. The first-order valence-corrected chi connectivity index (χ1v) is 5.78. The van der Waals surface area contributed by atoms with Gasteiger partial charge in [-0.05, 0) is 12.5 Å². The Hall–Kier alpha value is -0.880. The van der Waals surface area contributed by atoms with E-state index in [1.54, 1.807) is 6.92 Å². The van der Waals surface area contributed by atoms with Crippen molar-refractivity contribution < 1.29 is 17.8 Å². The molecule has 0 saturated carbocycles. The third-order valence-electron chi connectivity index (χ3n) is 1.72. The summed E-state index contributed by atoms with van der Waals surface area (Å²) in [5, 5.41) is 1.39. The lowest BCUT2D eigenvalue weighted by molar-refractivity contribution is -0.116. The maximum Gasteiger partial charge on any atom is 0.269 e. The molecule has 6 heteroatoms. The van der Waals surface area contributed by atoms with Gasteiger partial charge in [0.1, 0.15) is 5.25 Å². The number of hydrogen-bond donors (Lipinski definition) is 2. The predicted molar refractivity (Wildman–Crippen MR) is 53.5 cm³/mol. The van der Waals surface area contributed by atoms with Crippen LogP contribution < -0.4 is 5.32 Å². The molecule has 5 nitrogen and oxygen atoms in total. The second-order valence-corrected chi connectivity index (χ2v) is 4.57. The van der Waals surface area contributed by atoms with Crippen LogP contribution in [0.4, 0.5) is 0 Å². The van der Waals surface area contributed by atoms with E-state index in [1.165, 1.54) is 0 Å². The Bertz CT molecular complexity index is 296. The second-order valence-electron chi connectivity index (χ2n) is 2.87. The summed E-state index contributed by atoms with van der Waals surface area (Å²) in [7, 11) is -4.08. The van der Waals surface area contributed by atoms with Crippen LogP contribution >= 0.6 is 0 Å². The highest BCUT2D eigenvalue weighted by molar-refractivity contribution is 7.86. The first-order valence-electron chi connectivity index (χ1n) is 4.28. The Morgan fingerprint density at radius 3 is 2.57 bits per heavy atom. The van der Waals surface area contributed by atoms with Crippen LogP contribution in [0.25, 0.3) is 0 Å². The van der Waals surface area contributed by atoms with E-state index in [4.69, 9.17) is 4.55 Å². The highest BCUT2D eigenvalue weighted by Gasteiger charge is 2.21. The third-order valence-corrected chi connectivity index (χ3v) is 2.97. The minimum absolute atomic E-state index is 0.0858. The number of carbonyl (C=O) groups is 1. The maximum atomic E-state index is 10.8. The molecule has 2 N–H and O–H groups in total. The molecule has 14 heavy (non-hydrogen) atoms. The number of hydrogen-bond acceptors (Lipinski definition) is 3. The normalized spacial score (nSPS) is 13.3. The molecule has 0 aromatic heterocycles. The van der Waals surface area contributed by atoms with Gasteiger partial charge in [-0.15, -0.1) is 0 Å². The fourth-order valence-electron chi connectivity index (χ4n) is 0.965. The van der Waals surface area contributed by atoms with Crippen molar-refractivity contribution in [2.75, 3.05) is 6.54 Å². The zero-order valence-electron chi connectivity index (χ0n) is 8.06. The van der Waals surface area contributed by atoms with Crippen molar-refractivity contribution in [3.05, 3.63) is 12.7 Å². The van der Waals surface area contributed by atoms with E-state index >= 15 is 0 Å². The van der Waals surface area contributed by atoms with E-state index in [-0.39, 0.29) is 6.54 Å². The van der Waals surface area contributed by atoms with Crippen molar-refractivity contribution in [3.63, 3.8) is 0 Å². The molecule has 0 aliphatic heterocycles. The summed E-state index contributed by atoms with van der Waals surface area (Å²) in [6, 6.07) is 0. The number of carbonyl (C=O) groups excluding carboxylic acids is 1. The van der Waals surface area contributed by atoms with Crippen molar-refractivity contribution in [3.8, 4) is 0 Å². The van der Waals surface area contributed by atoms with Gasteiger partial charge >= 0.3 is 0 Å². The van der Waals surface area contributed by atoms with Gasteiger partial charge in [0.25, 0.3) is 10.1 Å². The molecule has 82 valence electrons. The minimum Gasteiger partial charge on any atom is -0.351 e. The molecule has 0 bridgehead atoms. The molecule has 1 atom stereocenters. The van der Waals surface area contributed by atoms with Gasteiger partial charge in [-0.2, -0.15) is 8.42 Å². The lowest BCUT2D eigenvalue weighted by Gasteiger charge is -2.12. The zero-order valence-corrected chi connectivity index (χ0v) is 8.88. The summed E-state index contributed by atoms with van der Waals surface area (Å²) in [4.78, 5) is 10.7. The molecule has 0 aliphatic rings. The standard InChI is InChI=1S/C8H15NO4S/c1-3-5-7(14(11,12)13)6-9-8(10)4-2/h4,7H,2-3,5-6H2,1H3,(H,9,10)(H,11,12,13). The summed E-state index contributed by atoms with van der Waals surface area (Å²) in [6.07, 6.45) is 1.98. The topological polar surface area (TPSA) is 83.5 Å².